The normalized spacial score (nSPS) is 10.9. The molecule has 5 heteroatoms. The first-order valence-corrected chi connectivity index (χ1v) is 8.64. The third kappa shape index (κ3) is 3.54. The molecular formula is C18H17ClN2OS. The van der Waals surface area contributed by atoms with Gasteiger partial charge in [-0.25, -0.2) is 0 Å². The van der Waals surface area contributed by atoms with Crippen LogP contribution in [0.25, 0.3) is 10.9 Å². The van der Waals surface area contributed by atoms with E-state index in [4.69, 9.17) is 11.6 Å². The molecule has 1 heterocycles. The first kappa shape index (κ1) is 16.0. The van der Waals surface area contributed by atoms with E-state index < -0.39 is 0 Å². The molecule has 2 aromatic carbocycles. The molecular weight excluding hydrogens is 328 g/mol. The summed E-state index contributed by atoms with van der Waals surface area (Å²) in [4.78, 5) is 13.3. The highest BCUT2D eigenvalue weighted by atomic mass is 35.5. The van der Waals surface area contributed by atoms with Gasteiger partial charge in [-0.2, -0.15) is 0 Å². The minimum atomic E-state index is -0.0390. The van der Waals surface area contributed by atoms with Gasteiger partial charge in [0.05, 0.1) is 5.75 Å². The summed E-state index contributed by atoms with van der Waals surface area (Å²) in [5.74, 6) is 0.322. The minimum Gasteiger partial charge on any atom is -0.349 e. The van der Waals surface area contributed by atoms with Crippen molar-refractivity contribution in [1.29, 1.82) is 0 Å². The molecule has 1 amide bonds. The third-order valence-electron chi connectivity index (χ3n) is 3.67. The molecule has 0 aliphatic rings. The smallest absolute Gasteiger partial charge is 0.234 e. The van der Waals surface area contributed by atoms with Gasteiger partial charge < -0.3 is 9.88 Å². The lowest BCUT2D eigenvalue weighted by Gasteiger charge is -2.06. The van der Waals surface area contributed by atoms with Gasteiger partial charge in [-0.1, -0.05) is 35.9 Å². The average molecular weight is 345 g/mol. The highest BCUT2D eigenvalue weighted by molar-refractivity contribution is 8.00. The van der Waals surface area contributed by atoms with Gasteiger partial charge in [0, 0.05) is 39.8 Å². The summed E-state index contributed by atoms with van der Waals surface area (Å²) < 4.78 is 2.08. The van der Waals surface area contributed by atoms with Crippen LogP contribution in [0.4, 0.5) is 5.69 Å². The van der Waals surface area contributed by atoms with E-state index in [0.717, 1.165) is 16.1 Å². The van der Waals surface area contributed by atoms with E-state index in [9.17, 15) is 4.79 Å². The number of carbonyl (C=O) groups excluding carboxylic acids is 1. The van der Waals surface area contributed by atoms with Crippen LogP contribution in [0.3, 0.4) is 0 Å². The summed E-state index contributed by atoms with van der Waals surface area (Å²) in [6, 6.07) is 13.7. The van der Waals surface area contributed by atoms with Crippen molar-refractivity contribution in [3.05, 3.63) is 59.2 Å². The van der Waals surface area contributed by atoms with Gasteiger partial charge in [0.15, 0.2) is 0 Å². The molecule has 0 aliphatic carbocycles. The Morgan fingerprint density at radius 1 is 1.26 bits per heavy atom. The number of amides is 1. The van der Waals surface area contributed by atoms with Gasteiger partial charge in [-0.15, -0.1) is 11.8 Å². The Bertz CT molecular complexity index is 873. The third-order valence-corrected chi connectivity index (χ3v) is 5.12. The van der Waals surface area contributed by atoms with Crippen molar-refractivity contribution in [3.63, 3.8) is 0 Å². The van der Waals surface area contributed by atoms with Crippen LogP contribution in [0, 0.1) is 6.92 Å². The number of nitrogens with one attached hydrogen (secondary N) is 1. The molecule has 0 spiro atoms. The van der Waals surface area contributed by atoms with Gasteiger partial charge in [0.25, 0.3) is 0 Å². The number of thioether (sulfide) groups is 1. The van der Waals surface area contributed by atoms with Crippen molar-refractivity contribution < 1.29 is 4.79 Å². The second-order valence-corrected chi connectivity index (χ2v) is 6.85. The molecule has 1 aromatic heterocycles. The maximum Gasteiger partial charge on any atom is 0.234 e. The van der Waals surface area contributed by atoms with E-state index in [1.807, 2.05) is 38.2 Å². The molecule has 0 aliphatic heterocycles. The summed E-state index contributed by atoms with van der Waals surface area (Å²) in [5.41, 5.74) is 2.89. The predicted molar refractivity (Wildman–Crippen MR) is 98.5 cm³/mol. The number of hydrogen-bond donors (Lipinski definition) is 1. The summed E-state index contributed by atoms with van der Waals surface area (Å²) in [6.07, 6.45) is 2.06. The van der Waals surface area contributed by atoms with Crippen LogP contribution in [0.2, 0.25) is 5.02 Å². The number of hydrogen-bond acceptors (Lipinski definition) is 2. The number of aryl methyl sites for hydroxylation is 2. The summed E-state index contributed by atoms with van der Waals surface area (Å²) in [5, 5.41) is 4.71. The van der Waals surface area contributed by atoms with Crippen molar-refractivity contribution in [1.82, 2.24) is 4.57 Å². The van der Waals surface area contributed by atoms with Crippen LogP contribution >= 0.6 is 23.4 Å². The fourth-order valence-corrected chi connectivity index (χ4v) is 3.53. The minimum absolute atomic E-state index is 0.0390. The first-order chi connectivity index (χ1) is 11.0. The SMILES string of the molecule is Cc1ccc(NC(=O)CSc2cn(C)c3ccccc23)cc1Cl. The zero-order chi connectivity index (χ0) is 16.4. The number of aromatic nitrogens is 1. The molecule has 0 saturated carbocycles. The van der Waals surface area contributed by atoms with Gasteiger partial charge in [0.1, 0.15) is 0 Å². The van der Waals surface area contributed by atoms with Crippen molar-refractivity contribution >= 4 is 45.9 Å². The number of para-hydroxylation sites is 1. The molecule has 0 fully saturated rings. The molecule has 3 nitrogen and oxygen atoms in total. The van der Waals surface area contributed by atoms with E-state index in [1.54, 1.807) is 6.07 Å². The molecule has 3 rings (SSSR count). The Balaban J connectivity index is 1.67. The highest BCUT2D eigenvalue weighted by Gasteiger charge is 2.09. The van der Waals surface area contributed by atoms with Gasteiger partial charge in [0.2, 0.25) is 5.91 Å². The molecule has 0 saturated heterocycles. The Morgan fingerprint density at radius 3 is 2.83 bits per heavy atom. The van der Waals surface area contributed by atoms with Crippen molar-refractivity contribution in [2.24, 2.45) is 7.05 Å². The molecule has 118 valence electrons. The van der Waals surface area contributed by atoms with Gasteiger partial charge in [-0.05, 0) is 30.7 Å². The molecule has 0 radical (unpaired) electrons. The number of halogens is 1. The zero-order valence-electron chi connectivity index (χ0n) is 13.0. The quantitative estimate of drug-likeness (QED) is 0.685. The number of carbonyl (C=O) groups is 1. The highest BCUT2D eigenvalue weighted by Crippen LogP contribution is 2.29. The zero-order valence-corrected chi connectivity index (χ0v) is 14.5. The summed E-state index contributed by atoms with van der Waals surface area (Å²) in [6.45, 7) is 1.93. The predicted octanol–water partition coefficient (Wildman–Crippen LogP) is 4.87. The topological polar surface area (TPSA) is 34.0 Å². The fourth-order valence-electron chi connectivity index (χ4n) is 2.43. The van der Waals surface area contributed by atoms with Crippen molar-refractivity contribution in [2.45, 2.75) is 11.8 Å². The monoisotopic (exact) mass is 344 g/mol. The molecule has 23 heavy (non-hydrogen) atoms. The van der Waals surface area contributed by atoms with Crippen molar-refractivity contribution in [3.8, 4) is 0 Å². The molecule has 0 unspecified atom stereocenters. The summed E-state index contributed by atoms with van der Waals surface area (Å²) >= 11 is 7.62. The van der Waals surface area contributed by atoms with Crippen LogP contribution in [0.1, 0.15) is 5.56 Å². The van der Waals surface area contributed by atoms with Crippen LogP contribution in [0.5, 0.6) is 0 Å². The number of rotatable bonds is 4. The standard InChI is InChI=1S/C18H17ClN2OS/c1-12-7-8-13(9-15(12)19)20-18(22)11-23-17-10-21(2)16-6-4-3-5-14(16)17/h3-10H,11H2,1-2H3,(H,20,22). The maximum atomic E-state index is 12.1. The molecule has 3 aromatic rings. The Hall–Kier alpha value is -1.91. The Morgan fingerprint density at radius 2 is 2.04 bits per heavy atom. The fraction of sp³-hybridized carbons (Fsp3) is 0.167. The van der Waals surface area contributed by atoms with Gasteiger partial charge in [-0.3, -0.25) is 4.79 Å². The summed E-state index contributed by atoms with van der Waals surface area (Å²) in [7, 11) is 2.01. The largest absolute Gasteiger partial charge is 0.349 e. The molecule has 0 atom stereocenters. The average Bonchev–Trinajstić information content (AvgIpc) is 2.86. The van der Waals surface area contributed by atoms with Crippen LogP contribution in [-0.2, 0) is 11.8 Å². The maximum absolute atomic E-state index is 12.1. The van der Waals surface area contributed by atoms with Crippen LogP contribution in [-0.4, -0.2) is 16.2 Å². The number of fused-ring (bicyclic) bond motifs is 1. The van der Waals surface area contributed by atoms with E-state index in [1.165, 1.54) is 22.7 Å². The molecule has 1 N–H and O–H groups in total. The lowest BCUT2D eigenvalue weighted by molar-refractivity contribution is -0.113. The van der Waals surface area contributed by atoms with E-state index in [-0.39, 0.29) is 5.91 Å². The van der Waals surface area contributed by atoms with Gasteiger partial charge >= 0.3 is 0 Å². The number of nitrogens with zero attached hydrogens (tertiary/aromatic N) is 1. The second-order valence-electron chi connectivity index (χ2n) is 5.42. The van der Waals surface area contributed by atoms with Crippen molar-refractivity contribution in [2.75, 3.05) is 11.1 Å². The van der Waals surface area contributed by atoms with Crippen LogP contribution < -0.4 is 5.32 Å². The number of benzene rings is 2. The lowest BCUT2D eigenvalue weighted by atomic mass is 10.2. The van der Waals surface area contributed by atoms with Crippen LogP contribution in [0.15, 0.2) is 53.6 Å². The Labute approximate surface area is 144 Å². The first-order valence-electron chi connectivity index (χ1n) is 7.27. The lowest BCUT2D eigenvalue weighted by Crippen LogP contribution is -2.13. The van der Waals surface area contributed by atoms with E-state index >= 15 is 0 Å². The Kier molecular flexibility index (Phi) is 4.64. The van der Waals surface area contributed by atoms with E-state index in [0.29, 0.717) is 10.8 Å². The number of anilines is 1. The molecule has 0 bridgehead atoms. The second kappa shape index (κ2) is 6.69. The van der Waals surface area contributed by atoms with E-state index in [2.05, 4.69) is 28.2 Å².